The lowest BCUT2D eigenvalue weighted by Gasteiger charge is -2.29. The van der Waals surface area contributed by atoms with E-state index in [1.807, 2.05) is 18.2 Å². The summed E-state index contributed by atoms with van der Waals surface area (Å²) in [7, 11) is 1.57. The Morgan fingerprint density at radius 3 is 2.63 bits per heavy atom. The van der Waals surface area contributed by atoms with Crippen molar-refractivity contribution in [3.05, 3.63) is 72.1 Å². The summed E-state index contributed by atoms with van der Waals surface area (Å²) in [5.74, 6) is 0.939. The van der Waals surface area contributed by atoms with E-state index in [4.69, 9.17) is 4.74 Å². The fourth-order valence-corrected chi connectivity index (χ4v) is 3.26. The summed E-state index contributed by atoms with van der Waals surface area (Å²) in [4.78, 5) is 23.5. The maximum absolute atomic E-state index is 12.5. The molecule has 1 aliphatic rings. The third kappa shape index (κ3) is 3.46. The number of rotatable bonds is 4. The van der Waals surface area contributed by atoms with Gasteiger partial charge in [0.1, 0.15) is 5.75 Å². The molecule has 6 heteroatoms. The molecule has 27 heavy (non-hydrogen) atoms. The van der Waals surface area contributed by atoms with E-state index in [1.165, 1.54) is 5.56 Å². The number of fused-ring (bicyclic) bond motifs is 1. The number of benzene rings is 2. The largest absolute Gasteiger partial charge is 0.495 e. The fourth-order valence-electron chi connectivity index (χ4n) is 3.26. The van der Waals surface area contributed by atoms with E-state index < -0.39 is 0 Å². The van der Waals surface area contributed by atoms with E-state index in [9.17, 15) is 4.79 Å². The molecule has 2 aromatic carbocycles. The quantitative estimate of drug-likeness (QED) is 0.766. The molecule has 0 spiro atoms. The molecule has 0 radical (unpaired) electrons. The number of carbonyl (C=O) groups excluding carboxylic acids is 1. The second-order valence-corrected chi connectivity index (χ2v) is 6.31. The number of nitrogens with one attached hydrogen (secondary N) is 1. The number of hydrogen-bond acceptors (Lipinski definition) is 5. The van der Waals surface area contributed by atoms with Gasteiger partial charge < -0.3 is 15.0 Å². The van der Waals surface area contributed by atoms with Crippen LogP contribution in [0.15, 0.2) is 60.9 Å². The standard InChI is InChI=1S/C21H20N4O2/c1-27-19-11-5-3-9-17(19)24-20(26)16-13-22-21(23-14-16)25-12-6-8-15-7-2-4-10-18(15)25/h2-5,7,9-11,13-14H,6,8,12H2,1H3,(H,24,26). The first-order valence-electron chi connectivity index (χ1n) is 8.88. The van der Waals surface area contributed by atoms with Crippen LogP contribution in [0.4, 0.5) is 17.3 Å². The Bertz CT molecular complexity index is 956. The van der Waals surface area contributed by atoms with Gasteiger partial charge in [-0.05, 0) is 36.6 Å². The highest BCUT2D eigenvalue weighted by atomic mass is 16.5. The predicted octanol–water partition coefficient (Wildman–Crippen LogP) is 3.82. The van der Waals surface area contributed by atoms with Crippen molar-refractivity contribution in [2.45, 2.75) is 12.8 Å². The number of ether oxygens (including phenoxy) is 1. The average molecular weight is 360 g/mol. The molecule has 1 amide bonds. The SMILES string of the molecule is COc1ccccc1NC(=O)c1cnc(N2CCCc3ccccc32)nc1. The lowest BCUT2D eigenvalue weighted by molar-refractivity contribution is 0.102. The summed E-state index contributed by atoms with van der Waals surface area (Å²) in [6.07, 6.45) is 5.23. The van der Waals surface area contributed by atoms with E-state index in [-0.39, 0.29) is 5.91 Å². The highest BCUT2D eigenvalue weighted by Gasteiger charge is 2.20. The topological polar surface area (TPSA) is 67.3 Å². The minimum atomic E-state index is -0.273. The van der Waals surface area contributed by atoms with Gasteiger partial charge in [-0.2, -0.15) is 0 Å². The molecule has 1 aliphatic heterocycles. The summed E-state index contributed by atoms with van der Waals surface area (Å²) in [5, 5.41) is 2.83. The third-order valence-electron chi connectivity index (χ3n) is 4.61. The summed E-state index contributed by atoms with van der Waals surface area (Å²) < 4.78 is 5.26. The number of anilines is 3. The highest BCUT2D eigenvalue weighted by molar-refractivity contribution is 6.04. The van der Waals surface area contributed by atoms with Crippen molar-refractivity contribution in [3.8, 4) is 5.75 Å². The fraction of sp³-hybridized carbons (Fsp3) is 0.190. The zero-order valence-corrected chi connectivity index (χ0v) is 15.1. The van der Waals surface area contributed by atoms with Gasteiger partial charge in [-0.3, -0.25) is 4.79 Å². The first-order chi connectivity index (χ1) is 13.3. The lowest BCUT2D eigenvalue weighted by Crippen LogP contribution is -2.26. The van der Waals surface area contributed by atoms with E-state index in [1.54, 1.807) is 31.6 Å². The van der Waals surface area contributed by atoms with Crippen LogP contribution in [0, 0.1) is 0 Å². The van der Waals surface area contributed by atoms with Crippen LogP contribution < -0.4 is 15.0 Å². The zero-order valence-electron chi connectivity index (χ0n) is 15.1. The van der Waals surface area contributed by atoms with Crippen molar-refractivity contribution >= 4 is 23.2 Å². The highest BCUT2D eigenvalue weighted by Crippen LogP contribution is 2.31. The Hall–Kier alpha value is -3.41. The number of carbonyl (C=O) groups is 1. The molecule has 6 nitrogen and oxygen atoms in total. The first-order valence-corrected chi connectivity index (χ1v) is 8.88. The minimum absolute atomic E-state index is 0.273. The smallest absolute Gasteiger partial charge is 0.258 e. The number of para-hydroxylation sites is 3. The molecule has 0 atom stereocenters. The van der Waals surface area contributed by atoms with Crippen LogP contribution in [0.2, 0.25) is 0 Å². The molecule has 0 unspecified atom stereocenters. The molecular weight excluding hydrogens is 340 g/mol. The van der Waals surface area contributed by atoms with Crippen LogP contribution in [-0.2, 0) is 6.42 Å². The zero-order chi connectivity index (χ0) is 18.6. The van der Waals surface area contributed by atoms with Crippen molar-refractivity contribution < 1.29 is 9.53 Å². The van der Waals surface area contributed by atoms with Gasteiger partial charge in [0, 0.05) is 24.6 Å². The number of aromatic nitrogens is 2. The van der Waals surface area contributed by atoms with Crippen LogP contribution in [-0.4, -0.2) is 29.5 Å². The van der Waals surface area contributed by atoms with Crippen molar-refractivity contribution in [1.29, 1.82) is 0 Å². The van der Waals surface area contributed by atoms with Crippen LogP contribution >= 0.6 is 0 Å². The van der Waals surface area contributed by atoms with Crippen molar-refractivity contribution in [1.82, 2.24) is 9.97 Å². The molecule has 0 fully saturated rings. The van der Waals surface area contributed by atoms with Gasteiger partial charge in [-0.25, -0.2) is 9.97 Å². The number of hydrogen-bond donors (Lipinski definition) is 1. The maximum atomic E-state index is 12.5. The van der Waals surface area contributed by atoms with Gasteiger partial charge in [-0.1, -0.05) is 30.3 Å². The van der Waals surface area contributed by atoms with Crippen LogP contribution in [0.5, 0.6) is 5.75 Å². The Morgan fingerprint density at radius 1 is 1.07 bits per heavy atom. The molecule has 3 aromatic rings. The summed E-state index contributed by atoms with van der Waals surface area (Å²) in [5.41, 5.74) is 3.44. The molecule has 1 N–H and O–H groups in total. The van der Waals surface area contributed by atoms with Crippen molar-refractivity contribution in [2.75, 3.05) is 23.9 Å². The summed E-state index contributed by atoms with van der Waals surface area (Å²) in [6, 6.07) is 15.6. The van der Waals surface area contributed by atoms with Gasteiger partial charge in [-0.15, -0.1) is 0 Å². The molecule has 4 rings (SSSR count). The van der Waals surface area contributed by atoms with E-state index in [0.29, 0.717) is 22.9 Å². The van der Waals surface area contributed by atoms with Gasteiger partial charge >= 0.3 is 0 Å². The van der Waals surface area contributed by atoms with Gasteiger partial charge in [0.2, 0.25) is 5.95 Å². The number of aryl methyl sites for hydroxylation is 1. The van der Waals surface area contributed by atoms with Gasteiger partial charge in [0.15, 0.2) is 0 Å². The van der Waals surface area contributed by atoms with Crippen LogP contribution in [0.3, 0.4) is 0 Å². The second kappa shape index (κ2) is 7.45. The van der Waals surface area contributed by atoms with E-state index >= 15 is 0 Å². The molecular formula is C21H20N4O2. The van der Waals surface area contributed by atoms with Crippen LogP contribution in [0.25, 0.3) is 0 Å². The molecule has 1 aromatic heterocycles. The maximum Gasteiger partial charge on any atom is 0.258 e. The summed E-state index contributed by atoms with van der Waals surface area (Å²) >= 11 is 0. The second-order valence-electron chi connectivity index (χ2n) is 6.31. The normalized spacial score (nSPS) is 13.0. The molecule has 0 bridgehead atoms. The number of amides is 1. The lowest BCUT2D eigenvalue weighted by atomic mass is 10.0. The van der Waals surface area contributed by atoms with Crippen molar-refractivity contribution in [2.24, 2.45) is 0 Å². The van der Waals surface area contributed by atoms with E-state index in [0.717, 1.165) is 25.1 Å². The average Bonchev–Trinajstić information content (AvgIpc) is 2.74. The predicted molar refractivity (Wildman–Crippen MR) is 105 cm³/mol. The monoisotopic (exact) mass is 360 g/mol. The van der Waals surface area contributed by atoms with Crippen LogP contribution in [0.1, 0.15) is 22.3 Å². The van der Waals surface area contributed by atoms with Gasteiger partial charge in [0.25, 0.3) is 5.91 Å². The summed E-state index contributed by atoms with van der Waals surface area (Å²) in [6.45, 7) is 0.865. The number of methoxy groups -OCH3 is 1. The third-order valence-corrected chi connectivity index (χ3v) is 4.61. The van der Waals surface area contributed by atoms with E-state index in [2.05, 4.69) is 38.4 Å². The Kier molecular flexibility index (Phi) is 4.70. The molecule has 0 aliphatic carbocycles. The molecule has 136 valence electrons. The minimum Gasteiger partial charge on any atom is -0.495 e. The molecule has 0 saturated carbocycles. The Balaban J connectivity index is 1.54. The first kappa shape index (κ1) is 17.0. The Labute approximate surface area is 157 Å². The van der Waals surface area contributed by atoms with Crippen molar-refractivity contribution in [3.63, 3.8) is 0 Å². The Morgan fingerprint density at radius 2 is 1.81 bits per heavy atom. The van der Waals surface area contributed by atoms with Gasteiger partial charge in [0.05, 0.1) is 18.4 Å². The molecule has 0 saturated heterocycles. The number of nitrogens with zero attached hydrogens (tertiary/aromatic N) is 3. The molecule has 2 heterocycles.